The highest BCUT2D eigenvalue weighted by atomic mass is 16.1. The molecule has 0 saturated carbocycles. The molecule has 0 aromatic heterocycles. The predicted octanol–water partition coefficient (Wildman–Crippen LogP) is 1.34. The fourth-order valence-electron chi connectivity index (χ4n) is 2.78. The van der Waals surface area contributed by atoms with Crippen molar-refractivity contribution in [1.82, 2.24) is 4.90 Å². The normalized spacial score (nSPS) is 19.3. The summed E-state index contributed by atoms with van der Waals surface area (Å²) in [5.74, 6) is 0.281. The lowest BCUT2D eigenvalue weighted by Crippen LogP contribution is -2.39. The molecule has 0 aliphatic carbocycles. The molecule has 4 heteroatoms. The molecule has 4 nitrogen and oxygen atoms in total. The third kappa shape index (κ3) is 3.55. The Balaban J connectivity index is 1.98. The van der Waals surface area contributed by atoms with E-state index in [1.807, 2.05) is 18.2 Å². The SMILES string of the molecule is CC(N)C1CCN(Cc2ccccc2C(N)=O)CC1. The van der Waals surface area contributed by atoms with Crippen molar-refractivity contribution in [3.8, 4) is 0 Å². The Morgan fingerprint density at radius 3 is 2.58 bits per heavy atom. The smallest absolute Gasteiger partial charge is 0.249 e. The van der Waals surface area contributed by atoms with Gasteiger partial charge in [0, 0.05) is 18.2 Å². The first-order valence-corrected chi connectivity index (χ1v) is 6.93. The number of nitrogens with two attached hydrogens (primary N) is 2. The Kier molecular flexibility index (Phi) is 4.56. The van der Waals surface area contributed by atoms with Crippen LogP contribution in [0.5, 0.6) is 0 Å². The Morgan fingerprint density at radius 2 is 2.00 bits per heavy atom. The summed E-state index contributed by atoms with van der Waals surface area (Å²) >= 11 is 0. The van der Waals surface area contributed by atoms with Crippen molar-refractivity contribution in [3.05, 3.63) is 35.4 Å². The highest BCUT2D eigenvalue weighted by Gasteiger charge is 2.22. The van der Waals surface area contributed by atoms with Crippen molar-refractivity contribution in [3.63, 3.8) is 0 Å². The monoisotopic (exact) mass is 261 g/mol. The fraction of sp³-hybridized carbons (Fsp3) is 0.533. The van der Waals surface area contributed by atoms with E-state index in [9.17, 15) is 4.79 Å². The third-order valence-corrected chi connectivity index (χ3v) is 4.05. The molecular formula is C15H23N3O. The van der Waals surface area contributed by atoms with E-state index in [0.717, 1.165) is 38.0 Å². The summed E-state index contributed by atoms with van der Waals surface area (Å²) in [7, 11) is 0. The van der Waals surface area contributed by atoms with Crippen LogP contribution in [0.15, 0.2) is 24.3 Å². The number of rotatable bonds is 4. The molecule has 1 amide bonds. The maximum absolute atomic E-state index is 11.4. The second kappa shape index (κ2) is 6.17. The Labute approximate surface area is 114 Å². The average Bonchev–Trinajstić information content (AvgIpc) is 2.39. The molecule has 0 radical (unpaired) electrons. The minimum atomic E-state index is -0.346. The van der Waals surface area contributed by atoms with Crippen molar-refractivity contribution in [2.75, 3.05) is 13.1 Å². The lowest BCUT2D eigenvalue weighted by Gasteiger charge is -2.33. The molecule has 19 heavy (non-hydrogen) atoms. The largest absolute Gasteiger partial charge is 0.366 e. The molecule has 4 N–H and O–H groups in total. The van der Waals surface area contributed by atoms with Crippen LogP contribution in [0.4, 0.5) is 0 Å². The number of primary amides is 1. The highest BCUT2D eigenvalue weighted by molar-refractivity contribution is 5.94. The number of carbonyl (C=O) groups is 1. The van der Waals surface area contributed by atoms with Crippen molar-refractivity contribution < 1.29 is 4.79 Å². The van der Waals surface area contributed by atoms with Gasteiger partial charge in [0.15, 0.2) is 0 Å². The van der Waals surface area contributed by atoms with Gasteiger partial charge in [-0.15, -0.1) is 0 Å². The van der Waals surface area contributed by atoms with E-state index < -0.39 is 0 Å². The molecule has 0 spiro atoms. The van der Waals surface area contributed by atoms with Crippen LogP contribution in [0.1, 0.15) is 35.7 Å². The van der Waals surface area contributed by atoms with Gasteiger partial charge in [-0.05, 0) is 50.4 Å². The number of benzene rings is 1. The van der Waals surface area contributed by atoms with Crippen molar-refractivity contribution in [2.45, 2.75) is 32.4 Å². The Morgan fingerprint density at radius 1 is 1.37 bits per heavy atom. The van der Waals surface area contributed by atoms with Crippen molar-refractivity contribution in [1.29, 1.82) is 0 Å². The van der Waals surface area contributed by atoms with Crippen LogP contribution in [-0.2, 0) is 6.54 Å². The number of hydrogen-bond donors (Lipinski definition) is 2. The molecule has 1 heterocycles. The Bertz CT molecular complexity index is 437. The van der Waals surface area contributed by atoms with Crippen LogP contribution in [-0.4, -0.2) is 29.9 Å². The average molecular weight is 261 g/mol. The molecule has 1 saturated heterocycles. The number of amides is 1. The first-order valence-electron chi connectivity index (χ1n) is 6.93. The first-order chi connectivity index (χ1) is 9.08. The van der Waals surface area contributed by atoms with Gasteiger partial charge < -0.3 is 11.5 Å². The van der Waals surface area contributed by atoms with Crippen LogP contribution < -0.4 is 11.5 Å². The summed E-state index contributed by atoms with van der Waals surface area (Å²) in [5.41, 5.74) is 13.0. The van der Waals surface area contributed by atoms with Gasteiger partial charge in [0.2, 0.25) is 5.91 Å². The fourth-order valence-corrected chi connectivity index (χ4v) is 2.78. The van der Waals surface area contributed by atoms with Gasteiger partial charge in [-0.25, -0.2) is 0 Å². The van der Waals surface area contributed by atoms with Crippen molar-refractivity contribution in [2.24, 2.45) is 17.4 Å². The van der Waals surface area contributed by atoms with Gasteiger partial charge in [-0.1, -0.05) is 18.2 Å². The standard InChI is InChI=1S/C15H23N3O/c1-11(16)12-6-8-18(9-7-12)10-13-4-2-3-5-14(13)15(17)19/h2-5,11-12H,6-10,16H2,1H3,(H2,17,19). The molecule has 2 rings (SSSR count). The van der Waals surface area contributed by atoms with E-state index in [1.54, 1.807) is 6.07 Å². The zero-order valence-electron chi connectivity index (χ0n) is 11.5. The number of likely N-dealkylation sites (tertiary alicyclic amines) is 1. The van der Waals surface area contributed by atoms with E-state index in [4.69, 9.17) is 11.5 Å². The van der Waals surface area contributed by atoms with Gasteiger partial charge in [0.1, 0.15) is 0 Å². The molecular weight excluding hydrogens is 238 g/mol. The van der Waals surface area contributed by atoms with Crippen molar-refractivity contribution >= 4 is 5.91 Å². The number of piperidine rings is 1. The van der Waals surface area contributed by atoms with E-state index in [0.29, 0.717) is 11.5 Å². The zero-order chi connectivity index (χ0) is 13.8. The molecule has 1 aromatic rings. The molecule has 1 aromatic carbocycles. The lowest BCUT2D eigenvalue weighted by atomic mass is 9.90. The molecule has 0 bridgehead atoms. The van der Waals surface area contributed by atoms with Crippen LogP contribution in [0.25, 0.3) is 0 Å². The maximum atomic E-state index is 11.4. The third-order valence-electron chi connectivity index (χ3n) is 4.05. The summed E-state index contributed by atoms with van der Waals surface area (Å²) in [4.78, 5) is 13.8. The first kappa shape index (κ1) is 14.0. The second-order valence-corrected chi connectivity index (χ2v) is 5.49. The van der Waals surface area contributed by atoms with E-state index in [-0.39, 0.29) is 11.9 Å². The Hall–Kier alpha value is -1.39. The predicted molar refractivity (Wildman–Crippen MR) is 76.6 cm³/mol. The molecule has 1 atom stereocenters. The van der Waals surface area contributed by atoms with Crippen LogP contribution in [0, 0.1) is 5.92 Å². The van der Waals surface area contributed by atoms with Gasteiger partial charge in [-0.3, -0.25) is 9.69 Å². The quantitative estimate of drug-likeness (QED) is 0.859. The highest BCUT2D eigenvalue weighted by Crippen LogP contribution is 2.21. The minimum Gasteiger partial charge on any atom is -0.366 e. The molecule has 1 unspecified atom stereocenters. The van der Waals surface area contributed by atoms with Gasteiger partial charge in [0.05, 0.1) is 0 Å². The molecule has 1 aliphatic heterocycles. The molecule has 1 aliphatic rings. The minimum absolute atomic E-state index is 0.278. The van der Waals surface area contributed by atoms with Crippen LogP contribution in [0.2, 0.25) is 0 Å². The van der Waals surface area contributed by atoms with E-state index >= 15 is 0 Å². The summed E-state index contributed by atoms with van der Waals surface area (Å²) < 4.78 is 0. The topological polar surface area (TPSA) is 72.3 Å². The zero-order valence-corrected chi connectivity index (χ0v) is 11.5. The van der Waals surface area contributed by atoms with E-state index in [2.05, 4.69) is 11.8 Å². The number of hydrogen-bond acceptors (Lipinski definition) is 3. The summed E-state index contributed by atoms with van der Waals surface area (Å²) in [5, 5.41) is 0. The maximum Gasteiger partial charge on any atom is 0.249 e. The summed E-state index contributed by atoms with van der Waals surface area (Å²) in [6.07, 6.45) is 2.27. The van der Waals surface area contributed by atoms with Gasteiger partial charge >= 0.3 is 0 Å². The second-order valence-electron chi connectivity index (χ2n) is 5.49. The summed E-state index contributed by atoms with van der Waals surface area (Å²) in [6, 6.07) is 7.87. The molecule has 104 valence electrons. The summed E-state index contributed by atoms with van der Waals surface area (Å²) in [6.45, 7) is 4.96. The van der Waals surface area contributed by atoms with E-state index in [1.165, 1.54) is 0 Å². The van der Waals surface area contributed by atoms with Crippen LogP contribution >= 0.6 is 0 Å². The number of nitrogens with zero attached hydrogens (tertiary/aromatic N) is 1. The van der Waals surface area contributed by atoms with Gasteiger partial charge in [0.25, 0.3) is 0 Å². The van der Waals surface area contributed by atoms with Gasteiger partial charge in [-0.2, -0.15) is 0 Å². The lowest BCUT2D eigenvalue weighted by molar-refractivity contribution is 0.0997. The molecule has 1 fully saturated rings. The number of carbonyl (C=O) groups excluding carboxylic acids is 1. The van der Waals surface area contributed by atoms with Crippen LogP contribution in [0.3, 0.4) is 0 Å².